The maximum atomic E-state index is 12.7. The number of fused-ring (bicyclic) bond motifs is 1. The summed E-state index contributed by atoms with van der Waals surface area (Å²) in [6.07, 6.45) is 2.36. The van der Waals surface area contributed by atoms with Crippen molar-refractivity contribution in [2.24, 2.45) is 0 Å². The smallest absolute Gasteiger partial charge is 0.261 e. The Hall–Kier alpha value is -2.06. The molecule has 0 atom stereocenters. The van der Waals surface area contributed by atoms with Gasteiger partial charge in [0.15, 0.2) is 0 Å². The van der Waals surface area contributed by atoms with Crippen LogP contribution in [-0.2, 0) is 32.9 Å². The van der Waals surface area contributed by atoms with Crippen molar-refractivity contribution in [2.75, 3.05) is 21.3 Å². The Morgan fingerprint density at radius 1 is 1.00 bits per heavy atom. The van der Waals surface area contributed by atoms with Crippen LogP contribution in [-0.4, -0.2) is 29.1 Å². The van der Waals surface area contributed by atoms with Crippen molar-refractivity contribution in [3.05, 3.63) is 53.6 Å². The van der Waals surface area contributed by atoms with Gasteiger partial charge in [-0.15, -0.1) is 0 Å². The number of nitrogens with one attached hydrogen (secondary N) is 1. The standard InChI is InChI=1S/C19H24N2O4S2/c1-3-15-7-11-18(12-8-15)27(24,25)20-17-10-9-16-6-5-13-21(19(16)14-17)26(22,23)4-2/h7-12,14,20H,3-6,13H2,1-2H3. The number of anilines is 2. The Balaban J connectivity index is 1.93. The first kappa shape index (κ1) is 19.7. The SMILES string of the molecule is CCc1ccc(S(=O)(=O)Nc2ccc3c(c2)N(S(=O)(=O)CC)CCC3)cc1. The van der Waals surface area contributed by atoms with Crippen LogP contribution in [0.5, 0.6) is 0 Å². The van der Waals surface area contributed by atoms with Gasteiger partial charge in [-0.25, -0.2) is 16.8 Å². The Labute approximate surface area is 161 Å². The predicted octanol–water partition coefficient (Wildman–Crippen LogP) is 3.15. The van der Waals surface area contributed by atoms with Crippen molar-refractivity contribution in [2.45, 2.75) is 38.0 Å². The molecule has 0 aliphatic carbocycles. The van der Waals surface area contributed by atoms with Crippen molar-refractivity contribution < 1.29 is 16.8 Å². The van der Waals surface area contributed by atoms with E-state index >= 15 is 0 Å². The summed E-state index contributed by atoms with van der Waals surface area (Å²) in [6.45, 7) is 4.03. The van der Waals surface area contributed by atoms with Crippen molar-refractivity contribution in [3.8, 4) is 0 Å². The number of nitrogens with zero attached hydrogens (tertiary/aromatic N) is 1. The minimum Gasteiger partial charge on any atom is -0.280 e. The summed E-state index contributed by atoms with van der Waals surface area (Å²) in [5.41, 5.74) is 2.88. The third-order valence-electron chi connectivity index (χ3n) is 4.76. The summed E-state index contributed by atoms with van der Waals surface area (Å²) in [7, 11) is -7.14. The molecule has 146 valence electrons. The fraction of sp³-hybridized carbons (Fsp3) is 0.368. The highest BCUT2D eigenvalue weighted by Crippen LogP contribution is 2.32. The number of rotatable bonds is 6. The molecular formula is C19H24N2O4S2. The van der Waals surface area contributed by atoms with E-state index in [1.807, 2.05) is 6.92 Å². The van der Waals surface area contributed by atoms with E-state index in [1.165, 1.54) is 4.31 Å². The quantitative estimate of drug-likeness (QED) is 0.796. The Bertz CT molecular complexity index is 1030. The molecule has 1 aliphatic heterocycles. The molecule has 0 spiro atoms. The number of hydrogen-bond acceptors (Lipinski definition) is 4. The predicted molar refractivity (Wildman–Crippen MR) is 108 cm³/mol. The highest BCUT2D eigenvalue weighted by atomic mass is 32.2. The van der Waals surface area contributed by atoms with Gasteiger partial charge in [-0.3, -0.25) is 9.03 Å². The van der Waals surface area contributed by atoms with Gasteiger partial charge in [-0.1, -0.05) is 25.1 Å². The Morgan fingerprint density at radius 3 is 2.33 bits per heavy atom. The fourth-order valence-electron chi connectivity index (χ4n) is 3.17. The molecule has 0 saturated heterocycles. The number of benzene rings is 2. The van der Waals surface area contributed by atoms with E-state index in [1.54, 1.807) is 49.4 Å². The summed E-state index contributed by atoms with van der Waals surface area (Å²) in [4.78, 5) is 0.176. The van der Waals surface area contributed by atoms with E-state index in [-0.39, 0.29) is 10.6 Å². The van der Waals surface area contributed by atoms with Gasteiger partial charge in [0.1, 0.15) is 0 Å². The third-order valence-corrected chi connectivity index (χ3v) is 7.93. The van der Waals surface area contributed by atoms with Crippen LogP contribution in [0.3, 0.4) is 0 Å². The van der Waals surface area contributed by atoms with Gasteiger partial charge < -0.3 is 0 Å². The molecule has 0 amide bonds. The van der Waals surface area contributed by atoms with E-state index in [9.17, 15) is 16.8 Å². The van der Waals surface area contributed by atoms with Crippen LogP contribution in [0.4, 0.5) is 11.4 Å². The Kier molecular flexibility index (Phi) is 5.48. The average molecular weight is 409 g/mol. The molecule has 0 bridgehead atoms. The third kappa shape index (κ3) is 4.11. The molecule has 0 radical (unpaired) electrons. The van der Waals surface area contributed by atoms with E-state index < -0.39 is 20.0 Å². The molecule has 0 fully saturated rings. The van der Waals surface area contributed by atoms with Crippen LogP contribution < -0.4 is 9.03 Å². The van der Waals surface area contributed by atoms with Gasteiger partial charge in [-0.05, 0) is 61.6 Å². The Morgan fingerprint density at radius 2 is 1.70 bits per heavy atom. The van der Waals surface area contributed by atoms with Crippen LogP contribution in [0, 0.1) is 0 Å². The molecule has 2 aromatic rings. The zero-order valence-corrected chi connectivity index (χ0v) is 17.1. The van der Waals surface area contributed by atoms with Crippen molar-refractivity contribution in [1.82, 2.24) is 0 Å². The first-order chi connectivity index (χ1) is 12.8. The van der Waals surface area contributed by atoms with Crippen LogP contribution in [0.25, 0.3) is 0 Å². The molecule has 27 heavy (non-hydrogen) atoms. The summed E-state index contributed by atoms with van der Waals surface area (Å²) < 4.78 is 54.0. The van der Waals surface area contributed by atoms with E-state index in [4.69, 9.17) is 0 Å². The first-order valence-corrected chi connectivity index (χ1v) is 12.1. The lowest BCUT2D eigenvalue weighted by Gasteiger charge is -2.30. The summed E-state index contributed by atoms with van der Waals surface area (Å²) in [5.74, 6) is 0.00612. The second-order valence-electron chi connectivity index (χ2n) is 6.52. The second-order valence-corrected chi connectivity index (χ2v) is 10.4. The van der Waals surface area contributed by atoms with Gasteiger partial charge in [-0.2, -0.15) is 0 Å². The monoisotopic (exact) mass is 408 g/mol. The fourth-order valence-corrected chi connectivity index (χ4v) is 5.41. The first-order valence-electron chi connectivity index (χ1n) is 9.02. The van der Waals surface area contributed by atoms with Crippen LogP contribution in [0.15, 0.2) is 47.4 Å². The second kappa shape index (κ2) is 7.52. The normalized spacial score (nSPS) is 14.7. The van der Waals surface area contributed by atoms with Crippen molar-refractivity contribution in [1.29, 1.82) is 0 Å². The molecule has 1 aliphatic rings. The lowest BCUT2D eigenvalue weighted by Crippen LogP contribution is -2.36. The minimum atomic E-state index is -3.74. The molecule has 0 saturated carbocycles. The summed E-state index contributed by atoms with van der Waals surface area (Å²) in [5, 5.41) is 0. The topological polar surface area (TPSA) is 83.6 Å². The van der Waals surface area contributed by atoms with Crippen molar-refractivity contribution in [3.63, 3.8) is 0 Å². The summed E-state index contributed by atoms with van der Waals surface area (Å²) in [6, 6.07) is 11.8. The lowest BCUT2D eigenvalue weighted by molar-refractivity contribution is 0.587. The van der Waals surface area contributed by atoms with Gasteiger partial charge in [0.25, 0.3) is 10.0 Å². The van der Waals surface area contributed by atoms with Gasteiger partial charge >= 0.3 is 0 Å². The maximum Gasteiger partial charge on any atom is 0.261 e. The minimum absolute atomic E-state index is 0.00612. The number of hydrogen-bond donors (Lipinski definition) is 1. The zero-order valence-electron chi connectivity index (χ0n) is 15.5. The maximum absolute atomic E-state index is 12.7. The van der Waals surface area contributed by atoms with Crippen LogP contribution in [0.1, 0.15) is 31.4 Å². The number of sulfonamides is 2. The highest BCUT2D eigenvalue weighted by Gasteiger charge is 2.26. The number of aryl methyl sites for hydroxylation is 2. The van der Waals surface area contributed by atoms with Gasteiger partial charge in [0.05, 0.1) is 22.0 Å². The molecule has 1 N–H and O–H groups in total. The van der Waals surface area contributed by atoms with Crippen molar-refractivity contribution >= 4 is 31.4 Å². The van der Waals surface area contributed by atoms with Gasteiger partial charge in [0, 0.05) is 6.54 Å². The zero-order chi connectivity index (χ0) is 19.7. The molecule has 3 rings (SSSR count). The largest absolute Gasteiger partial charge is 0.280 e. The van der Waals surface area contributed by atoms with Crippen LogP contribution in [0.2, 0.25) is 0 Å². The summed E-state index contributed by atoms with van der Waals surface area (Å²) >= 11 is 0. The molecule has 1 heterocycles. The van der Waals surface area contributed by atoms with Gasteiger partial charge in [0.2, 0.25) is 10.0 Å². The molecule has 6 nitrogen and oxygen atoms in total. The van der Waals surface area contributed by atoms with Crippen LogP contribution >= 0.6 is 0 Å². The molecular weight excluding hydrogens is 384 g/mol. The van der Waals surface area contributed by atoms with E-state index in [2.05, 4.69) is 4.72 Å². The molecule has 2 aromatic carbocycles. The highest BCUT2D eigenvalue weighted by molar-refractivity contribution is 7.93. The van der Waals surface area contributed by atoms with E-state index in [0.29, 0.717) is 17.9 Å². The molecule has 0 unspecified atom stereocenters. The average Bonchev–Trinajstić information content (AvgIpc) is 2.67. The van der Waals surface area contributed by atoms with E-state index in [0.717, 1.165) is 30.4 Å². The molecule has 0 aromatic heterocycles. The lowest BCUT2D eigenvalue weighted by atomic mass is 10.0. The molecule has 8 heteroatoms.